The fourth-order valence-corrected chi connectivity index (χ4v) is 6.10. The maximum absolute atomic E-state index is 13.4. The number of hydrogen-bond donors (Lipinski definition) is 3. The molecule has 12 nitrogen and oxygen atoms in total. The smallest absolute Gasteiger partial charge is 0.619 e. The van der Waals surface area contributed by atoms with E-state index in [1.165, 1.54) is 10.8 Å². The summed E-state index contributed by atoms with van der Waals surface area (Å²) in [7, 11) is 1.66. The Morgan fingerprint density at radius 1 is 0.979 bits per heavy atom. The van der Waals surface area contributed by atoms with Crippen molar-refractivity contribution >= 4 is 23.3 Å². The number of likely N-dealkylation sites (tertiary alicyclic amines) is 1. The van der Waals surface area contributed by atoms with Gasteiger partial charge >= 0.3 is 57.1 Å². The monoisotopic (exact) mass is 676 g/mol. The number of amides is 2. The van der Waals surface area contributed by atoms with Crippen LogP contribution < -0.4 is 73.7 Å². The number of carbonyl (C=O) groups excluding carboxylic acids is 2. The SMILES string of the molecule is C[N-]n1c(C2CCN(C(=O)C(C)C)CC2)cc(-c2ccc(NC(=O)c3cn(C(C)C)c(=O)n(-c4ccccc4)c3=O)cc2)c1C(=N)N.[K+]. The second-order valence-corrected chi connectivity index (χ2v) is 12.3. The van der Waals surface area contributed by atoms with Crippen LogP contribution in [0, 0.1) is 11.3 Å². The van der Waals surface area contributed by atoms with Crippen molar-refractivity contribution < 1.29 is 61.0 Å². The third-order valence-electron chi connectivity index (χ3n) is 8.56. The maximum Gasteiger partial charge on any atom is 1.00 e. The molecule has 2 aromatic heterocycles. The Bertz CT molecular complexity index is 1920. The Kier molecular flexibility index (Phi) is 12.1. The second-order valence-electron chi connectivity index (χ2n) is 12.3. The van der Waals surface area contributed by atoms with Gasteiger partial charge in [-0.3, -0.25) is 24.4 Å². The van der Waals surface area contributed by atoms with Gasteiger partial charge < -0.3 is 26.1 Å². The summed E-state index contributed by atoms with van der Waals surface area (Å²) < 4.78 is 4.09. The molecular weight excluding hydrogens is 636 g/mol. The van der Waals surface area contributed by atoms with Crippen LogP contribution in [0.3, 0.4) is 0 Å². The van der Waals surface area contributed by atoms with Crippen LogP contribution in [0.15, 0.2) is 76.4 Å². The van der Waals surface area contributed by atoms with Crippen LogP contribution in [0.4, 0.5) is 5.69 Å². The van der Waals surface area contributed by atoms with Gasteiger partial charge in [-0.2, -0.15) is 0 Å². The molecular formula is C35H41KN8O4. The first-order valence-corrected chi connectivity index (χ1v) is 15.8. The van der Waals surface area contributed by atoms with Gasteiger partial charge in [0.2, 0.25) is 5.91 Å². The molecule has 4 aromatic rings. The number of amidine groups is 1. The molecule has 1 saturated heterocycles. The van der Waals surface area contributed by atoms with Crippen molar-refractivity contribution in [2.24, 2.45) is 11.7 Å². The minimum atomic E-state index is -0.713. The van der Waals surface area contributed by atoms with E-state index in [0.29, 0.717) is 30.2 Å². The third kappa shape index (κ3) is 7.45. The molecule has 1 aliphatic heterocycles. The summed E-state index contributed by atoms with van der Waals surface area (Å²) in [5, 5.41) is 11.1. The van der Waals surface area contributed by atoms with E-state index < -0.39 is 17.2 Å². The van der Waals surface area contributed by atoms with Gasteiger partial charge in [-0.1, -0.05) is 44.2 Å². The minimum Gasteiger partial charge on any atom is -0.619 e. The van der Waals surface area contributed by atoms with Crippen LogP contribution in [0.2, 0.25) is 0 Å². The summed E-state index contributed by atoms with van der Waals surface area (Å²) in [5.74, 6) is -0.537. The number of para-hydroxylation sites is 1. The predicted octanol–water partition coefficient (Wildman–Crippen LogP) is 1.72. The van der Waals surface area contributed by atoms with Crippen molar-refractivity contribution in [2.75, 3.05) is 25.5 Å². The number of benzene rings is 2. The topological polar surface area (TPSA) is 162 Å². The maximum atomic E-state index is 13.4. The molecule has 5 rings (SSSR count). The van der Waals surface area contributed by atoms with E-state index in [4.69, 9.17) is 11.1 Å². The Hall–Kier alpha value is -3.75. The van der Waals surface area contributed by atoms with Crippen LogP contribution in [0.1, 0.15) is 74.2 Å². The Balaban J connectivity index is 0.00000520. The van der Waals surface area contributed by atoms with Crippen molar-refractivity contribution in [3.63, 3.8) is 0 Å². The number of nitrogen functional groups attached to an aromatic ring is 1. The van der Waals surface area contributed by atoms with Crippen molar-refractivity contribution in [2.45, 2.75) is 52.5 Å². The molecule has 1 fully saturated rings. The first-order chi connectivity index (χ1) is 22.4. The molecule has 0 radical (unpaired) electrons. The van der Waals surface area contributed by atoms with Gasteiger partial charge in [0.1, 0.15) is 11.4 Å². The molecule has 1 aliphatic rings. The van der Waals surface area contributed by atoms with Gasteiger partial charge in [0, 0.05) is 54.1 Å². The molecule has 0 unspecified atom stereocenters. The van der Waals surface area contributed by atoms with E-state index in [1.54, 1.807) is 68.0 Å². The normalized spacial score (nSPS) is 13.4. The van der Waals surface area contributed by atoms with Crippen LogP contribution in [0.5, 0.6) is 0 Å². The number of carbonyl (C=O) groups is 2. The van der Waals surface area contributed by atoms with Gasteiger partial charge in [0.25, 0.3) is 11.5 Å². The zero-order chi connectivity index (χ0) is 34.0. The average Bonchev–Trinajstić information content (AvgIpc) is 3.45. The molecule has 13 heteroatoms. The number of anilines is 1. The summed E-state index contributed by atoms with van der Waals surface area (Å²) in [6.07, 6.45) is 2.85. The molecule has 0 bridgehead atoms. The summed E-state index contributed by atoms with van der Waals surface area (Å²) in [5.41, 5.74) is 12.8. The zero-order valence-corrected chi connectivity index (χ0v) is 31.5. The average molecular weight is 677 g/mol. The number of hydrogen-bond acceptors (Lipinski definition) is 5. The molecule has 0 aliphatic carbocycles. The number of rotatable bonds is 9. The summed E-state index contributed by atoms with van der Waals surface area (Å²) >= 11 is 0. The van der Waals surface area contributed by atoms with E-state index >= 15 is 0 Å². The molecule has 3 heterocycles. The van der Waals surface area contributed by atoms with Crippen LogP contribution >= 0.6 is 0 Å². The zero-order valence-electron chi connectivity index (χ0n) is 28.4. The third-order valence-corrected chi connectivity index (χ3v) is 8.56. The molecule has 2 amide bonds. The molecule has 0 saturated carbocycles. The predicted molar refractivity (Wildman–Crippen MR) is 184 cm³/mol. The van der Waals surface area contributed by atoms with Crippen molar-refractivity contribution in [1.29, 1.82) is 5.41 Å². The van der Waals surface area contributed by atoms with E-state index in [9.17, 15) is 19.2 Å². The number of nitrogens with zero attached hydrogens (tertiary/aromatic N) is 5. The fourth-order valence-electron chi connectivity index (χ4n) is 6.10. The van der Waals surface area contributed by atoms with Crippen LogP contribution in [-0.4, -0.2) is 56.5 Å². The van der Waals surface area contributed by atoms with Gasteiger partial charge in [-0.25, -0.2) is 9.36 Å². The quantitative estimate of drug-likeness (QED) is 0.140. The first-order valence-electron chi connectivity index (χ1n) is 15.8. The van der Waals surface area contributed by atoms with Gasteiger partial charge in [0.15, 0.2) is 0 Å². The first kappa shape index (κ1) is 37.1. The minimum absolute atomic E-state index is 0. The summed E-state index contributed by atoms with van der Waals surface area (Å²) in [6, 6.07) is 17.3. The summed E-state index contributed by atoms with van der Waals surface area (Å²) in [6.45, 7) is 8.73. The Labute approximate surface area is 322 Å². The molecule has 4 N–H and O–H groups in total. The second kappa shape index (κ2) is 15.6. The van der Waals surface area contributed by atoms with E-state index in [-0.39, 0.29) is 86.6 Å². The van der Waals surface area contributed by atoms with E-state index in [0.717, 1.165) is 34.2 Å². The number of nitrogens with two attached hydrogens (primary N) is 1. The molecule has 2 aromatic carbocycles. The molecule has 0 atom stereocenters. The largest absolute Gasteiger partial charge is 1.00 e. The van der Waals surface area contributed by atoms with Crippen LogP contribution in [-0.2, 0) is 4.79 Å². The van der Waals surface area contributed by atoms with Crippen molar-refractivity contribution in [3.8, 4) is 16.8 Å². The number of aromatic nitrogens is 3. The Morgan fingerprint density at radius 3 is 2.15 bits per heavy atom. The number of piperidine rings is 1. The Morgan fingerprint density at radius 2 is 1.60 bits per heavy atom. The van der Waals surface area contributed by atoms with Gasteiger partial charge in [0.05, 0.1) is 11.4 Å². The number of nitrogens with one attached hydrogen (secondary N) is 2. The molecule has 246 valence electrons. The fraction of sp³-hybridized carbons (Fsp3) is 0.343. The van der Waals surface area contributed by atoms with Gasteiger partial charge in [-0.05, 0) is 62.6 Å². The van der Waals surface area contributed by atoms with Gasteiger partial charge in [-0.15, -0.1) is 7.05 Å². The van der Waals surface area contributed by atoms with E-state index in [1.807, 2.05) is 36.9 Å². The molecule has 0 spiro atoms. The summed E-state index contributed by atoms with van der Waals surface area (Å²) in [4.78, 5) is 54.5. The van der Waals surface area contributed by atoms with E-state index in [2.05, 4.69) is 10.7 Å². The van der Waals surface area contributed by atoms with Crippen molar-refractivity contribution in [1.82, 2.24) is 18.7 Å². The molecule has 48 heavy (non-hydrogen) atoms. The van der Waals surface area contributed by atoms with Crippen molar-refractivity contribution in [3.05, 3.63) is 110 Å². The standard InChI is InChI=1S/C35H41N8O4.K/c1-21(2)33(45)40-17-15-24(16-18-40)29-19-27(30(31(36)37)43(29)38-5)23-11-13-25(14-12-23)39-32(44)28-20-41(22(3)4)35(47)42(34(28)46)26-9-7-6-8-10-26;/h6-14,19-22,24H,15-18H2,1-5H3,(H3,36,37)(H,39,44);/q-1;+1. The van der Waals surface area contributed by atoms with Crippen LogP contribution in [0.25, 0.3) is 22.2 Å².